The highest BCUT2D eigenvalue weighted by molar-refractivity contribution is 5.86. The van der Waals surface area contributed by atoms with Crippen LogP contribution in [-0.2, 0) is 11.3 Å². The quantitative estimate of drug-likeness (QED) is 0.817. The maximum absolute atomic E-state index is 11.3. The predicted octanol–water partition coefficient (Wildman–Crippen LogP) is 1.25. The Balaban J connectivity index is 1.92. The van der Waals surface area contributed by atoms with Crippen LogP contribution in [0.1, 0.15) is 29.2 Å². The van der Waals surface area contributed by atoms with E-state index >= 15 is 0 Å². The summed E-state index contributed by atoms with van der Waals surface area (Å²) in [6, 6.07) is 4.06. The van der Waals surface area contributed by atoms with Gasteiger partial charge < -0.3 is 14.5 Å². The number of piperidine rings is 1. The fraction of sp³-hybridized carbons (Fsp3) is 0.615. The average Bonchev–Trinajstić information content (AvgIpc) is 2.86. The largest absolute Gasteiger partial charge is 0.463 e. The Kier molecular flexibility index (Phi) is 4.38. The van der Waals surface area contributed by atoms with Crippen molar-refractivity contribution in [3.63, 3.8) is 0 Å². The molecule has 1 aromatic heterocycles. The molecule has 1 N–H and O–H groups in total. The Labute approximate surface area is 107 Å². The van der Waals surface area contributed by atoms with Gasteiger partial charge in [0.05, 0.1) is 13.7 Å². The lowest BCUT2D eigenvalue weighted by Crippen LogP contribution is -2.43. The summed E-state index contributed by atoms with van der Waals surface area (Å²) in [4.78, 5) is 13.6. The molecule has 5 nitrogen and oxygen atoms in total. The molecule has 0 radical (unpaired) electrons. The molecule has 2 rings (SSSR count). The number of methoxy groups -OCH3 is 1. The minimum atomic E-state index is -0.423. The lowest BCUT2D eigenvalue weighted by Gasteiger charge is -2.31. The molecule has 1 fully saturated rings. The number of likely N-dealkylation sites (tertiary alicyclic amines) is 1. The maximum atomic E-state index is 11.3. The van der Waals surface area contributed by atoms with Crippen molar-refractivity contribution in [1.82, 2.24) is 10.2 Å². The number of carbonyl (C=O) groups excluding carboxylic acids is 1. The maximum Gasteiger partial charge on any atom is 0.373 e. The number of ether oxygens (including phenoxy) is 1. The van der Waals surface area contributed by atoms with Crippen LogP contribution in [-0.4, -0.2) is 44.2 Å². The molecule has 0 aliphatic carbocycles. The van der Waals surface area contributed by atoms with Crippen molar-refractivity contribution in [3.05, 3.63) is 23.7 Å². The molecule has 0 amide bonds. The van der Waals surface area contributed by atoms with Gasteiger partial charge in [-0.1, -0.05) is 0 Å². The third-order valence-corrected chi connectivity index (χ3v) is 3.34. The standard InChI is InChI=1S/C13H20N2O3/c1-14-10-4-3-7-15(8-10)9-11-5-6-12(18-11)13(16)17-2/h5-6,10,14H,3-4,7-9H2,1-2H3. The van der Waals surface area contributed by atoms with Crippen LogP contribution >= 0.6 is 0 Å². The molecule has 1 aliphatic heterocycles. The second kappa shape index (κ2) is 6.02. The topological polar surface area (TPSA) is 54.7 Å². The van der Waals surface area contributed by atoms with E-state index < -0.39 is 5.97 Å². The summed E-state index contributed by atoms with van der Waals surface area (Å²) < 4.78 is 10.1. The monoisotopic (exact) mass is 252 g/mol. The third-order valence-electron chi connectivity index (χ3n) is 3.34. The molecule has 1 aromatic rings. The van der Waals surface area contributed by atoms with E-state index in [0.29, 0.717) is 6.04 Å². The van der Waals surface area contributed by atoms with Crippen LogP contribution in [0.4, 0.5) is 0 Å². The van der Waals surface area contributed by atoms with Gasteiger partial charge in [-0.25, -0.2) is 4.79 Å². The first-order valence-electron chi connectivity index (χ1n) is 6.29. The Morgan fingerprint density at radius 2 is 2.44 bits per heavy atom. The summed E-state index contributed by atoms with van der Waals surface area (Å²) in [5.74, 6) is 0.662. The third kappa shape index (κ3) is 3.11. The molecule has 5 heteroatoms. The van der Waals surface area contributed by atoms with Crippen LogP contribution < -0.4 is 5.32 Å². The van der Waals surface area contributed by atoms with E-state index in [0.717, 1.165) is 25.4 Å². The van der Waals surface area contributed by atoms with E-state index in [1.54, 1.807) is 6.07 Å². The number of rotatable bonds is 4. The highest BCUT2D eigenvalue weighted by Gasteiger charge is 2.20. The van der Waals surface area contributed by atoms with Crippen LogP contribution in [0.15, 0.2) is 16.5 Å². The summed E-state index contributed by atoms with van der Waals surface area (Å²) in [5, 5.41) is 3.31. The van der Waals surface area contributed by atoms with Crippen molar-refractivity contribution in [2.45, 2.75) is 25.4 Å². The van der Waals surface area contributed by atoms with Crippen molar-refractivity contribution in [2.24, 2.45) is 0 Å². The second-order valence-electron chi connectivity index (χ2n) is 4.62. The number of likely N-dealkylation sites (N-methyl/N-ethyl adjacent to an activating group) is 1. The number of hydrogen-bond acceptors (Lipinski definition) is 5. The van der Waals surface area contributed by atoms with Crippen LogP contribution in [0, 0.1) is 0 Å². The van der Waals surface area contributed by atoms with Crippen LogP contribution in [0.25, 0.3) is 0 Å². The number of carbonyl (C=O) groups is 1. The lowest BCUT2D eigenvalue weighted by atomic mass is 10.1. The van der Waals surface area contributed by atoms with Gasteiger partial charge in [0.25, 0.3) is 0 Å². The van der Waals surface area contributed by atoms with Gasteiger partial charge >= 0.3 is 5.97 Å². The summed E-state index contributed by atoms with van der Waals surface area (Å²) in [6.07, 6.45) is 2.41. The number of hydrogen-bond donors (Lipinski definition) is 1. The molecule has 1 saturated heterocycles. The molecular weight excluding hydrogens is 232 g/mol. The smallest absolute Gasteiger partial charge is 0.373 e. The van der Waals surface area contributed by atoms with E-state index in [9.17, 15) is 4.79 Å². The average molecular weight is 252 g/mol. The number of nitrogens with zero attached hydrogens (tertiary/aromatic N) is 1. The molecule has 1 aliphatic rings. The van der Waals surface area contributed by atoms with Crippen molar-refractivity contribution in [1.29, 1.82) is 0 Å². The molecule has 0 bridgehead atoms. The number of furan rings is 1. The minimum Gasteiger partial charge on any atom is -0.463 e. The molecule has 0 aromatic carbocycles. The van der Waals surface area contributed by atoms with Crippen molar-refractivity contribution >= 4 is 5.97 Å². The zero-order chi connectivity index (χ0) is 13.0. The van der Waals surface area contributed by atoms with Gasteiger partial charge in [0.15, 0.2) is 0 Å². The van der Waals surface area contributed by atoms with E-state index in [-0.39, 0.29) is 5.76 Å². The van der Waals surface area contributed by atoms with Gasteiger partial charge in [0.2, 0.25) is 5.76 Å². The van der Waals surface area contributed by atoms with Gasteiger partial charge in [0.1, 0.15) is 5.76 Å². The molecule has 1 unspecified atom stereocenters. The molecule has 18 heavy (non-hydrogen) atoms. The van der Waals surface area contributed by atoms with E-state index in [1.165, 1.54) is 20.0 Å². The summed E-state index contributed by atoms with van der Waals surface area (Å²) in [6.45, 7) is 2.84. The van der Waals surface area contributed by atoms with Gasteiger partial charge in [-0.05, 0) is 38.6 Å². The van der Waals surface area contributed by atoms with E-state index in [2.05, 4.69) is 15.0 Å². The molecular formula is C13H20N2O3. The molecule has 1 atom stereocenters. The van der Waals surface area contributed by atoms with Gasteiger partial charge in [-0.15, -0.1) is 0 Å². The summed E-state index contributed by atoms with van der Waals surface area (Å²) in [5.41, 5.74) is 0. The number of esters is 1. The minimum absolute atomic E-state index is 0.273. The Morgan fingerprint density at radius 1 is 1.61 bits per heavy atom. The first-order valence-corrected chi connectivity index (χ1v) is 6.29. The van der Waals surface area contributed by atoms with Gasteiger partial charge in [-0.2, -0.15) is 0 Å². The fourth-order valence-electron chi connectivity index (χ4n) is 2.33. The Hall–Kier alpha value is -1.33. The van der Waals surface area contributed by atoms with Crippen molar-refractivity contribution in [2.75, 3.05) is 27.2 Å². The van der Waals surface area contributed by atoms with Crippen molar-refractivity contribution in [3.8, 4) is 0 Å². The first-order chi connectivity index (χ1) is 8.72. The molecule has 0 spiro atoms. The highest BCUT2D eigenvalue weighted by Crippen LogP contribution is 2.16. The summed E-state index contributed by atoms with van der Waals surface area (Å²) >= 11 is 0. The van der Waals surface area contributed by atoms with Gasteiger partial charge in [-0.3, -0.25) is 4.90 Å². The Bertz CT molecular complexity index is 403. The number of nitrogens with one attached hydrogen (secondary N) is 1. The van der Waals surface area contributed by atoms with Crippen molar-refractivity contribution < 1.29 is 13.9 Å². The first kappa shape index (κ1) is 13.1. The van der Waals surface area contributed by atoms with Crippen LogP contribution in [0.2, 0.25) is 0 Å². The van der Waals surface area contributed by atoms with E-state index in [4.69, 9.17) is 4.42 Å². The normalized spacial score (nSPS) is 20.9. The summed E-state index contributed by atoms with van der Waals surface area (Å²) in [7, 11) is 3.35. The van der Waals surface area contributed by atoms with E-state index in [1.807, 2.05) is 13.1 Å². The zero-order valence-electron chi connectivity index (χ0n) is 10.9. The SMILES string of the molecule is CNC1CCCN(Cc2ccc(C(=O)OC)o2)C1. The molecule has 2 heterocycles. The second-order valence-corrected chi connectivity index (χ2v) is 4.62. The highest BCUT2D eigenvalue weighted by atomic mass is 16.5. The fourth-order valence-corrected chi connectivity index (χ4v) is 2.33. The molecule has 100 valence electrons. The van der Waals surface area contributed by atoms with Crippen LogP contribution in [0.3, 0.4) is 0 Å². The predicted molar refractivity (Wildman–Crippen MR) is 67.4 cm³/mol. The zero-order valence-corrected chi connectivity index (χ0v) is 10.9. The van der Waals surface area contributed by atoms with Crippen LogP contribution in [0.5, 0.6) is 0 Å². The van der Waals surface area contributed by atoms with Gasteiger partial charge in [0, 0.05) is 12.6 Å². The molecule has 0 saturated carbocycles. The lowest BCUT2D eigenvalue weighted by molar-refractivity contribution is 0.0560. The Morgan fingerprint density at radius 3 is 3.17 bits per heavy atom.